The third kappa shape index (κ3) is 4.34. The number of methoxy groups -OCH3 is 1. The lowest BCUT2D eigenvalue weighted by atomic mass is 9.78. The van der Waals surface area contributed by atoms with Crippen LogP contribution in [-0.4, -0.2) is 30.1 Å². The smallest absolute Gasteiger partial charge is 0.341 e. The van der Waals surface area contributed by atoms with Crippen molar-refractivity contribution in [3.8, 4) is 0 Å². The van der Waals surface area contributed by atoms with Gasteiger partial charge in [-0.3, -0.25) is 9.59 Å². The van der Waals surface area contributed by atoms with Crippen LogP contribution in [0.4, 0.5) is 5.00 Å². The molecule has 7 heteroatoms. The predicted molar refractivity (Wildman–Crippen MR) is 103 cm³/mol. The Hall–Kier alpha value is -1.89. The van der Waals surface area contributed by atoms with Crippen LogP contribution in [-0.2, 0) is 27.2 Å². The van der Waals surface area contributed by atoms with Gasteiger partial charge < -0.3 is 15.2 Å². The highest BCUT2D eigenvalue weighted by Gasteiger charge is 2.37. The Balaban J connectivity index is 1.89. The predicted octanol–water partition coefficient (Wildman–Crippen LogP) is 4.02. The van der Waals surface area contributed by atoms with E-state index in [1.165, 1.54) is 24.9 Å². The van der Waals surface area contributed by atoms with Crippen LogP contribution in [0, 0.1) is 11.8 Å². The number of anilines is 1. The first kappa shape index (κ1) is 19.9. The number of rotatable bonds is 4. The molecule has 3 rings (SSSR count). The largest absolute Gasteiger partial charge is 0.481 e. The maximum atomic E-state index is 12.9. The molecule has 1 aromatic heterocycles. The van der Waals surface area contributed by atoms with Crippen LogP contribution in [0.5, 0.6) is 0 Å². The summed E-state index contributed by atoms with van der Waals surface area (Å²) in [6.45, 7) is 0. The molecule has 1 fully saturated rings. The van der Waals surface area contributed by atoms with E-state index in [0.29, 0.717) is 23.4 Å². The molecule has 1 aromatic rings. The van der Waals surface area contributed by atoms with Gasteiger partial charge in [0, 0.05) is 4.88 Å². The molecule has 2 aliphatic carbocycles. The van der Waals surface area contributed by atoms with Crippen molar-refractivity contribution in [2.24, 2.45) is 11.8 Å². The Morgan fingerprint density at radius 3 is 2.33 bits per heavy atom. The second-order valence-corrected chi connectivity index (χ2v) is 8.54. The lowest BCUT2D eigenvalue weighted by Gasteiger charge is -2.27. The van der Waals surface area contributed by atoms with Crippen LogP contribution in [0.25, 0.3) is 0 Å². The number of ether oxygens (including phenoxy) is 1. The highest BCUT2D eigenvalue weighted by atomic mass is 32.1. The van der Waals surface area contributed by atoms with Crippen molar-refractivity contribution < 1.29 is 24.2 Å². The quantitative estimate of drug-likeness (QED) is 0.754. The van der Waals surface area contributed by atoms with Crippen molar-refractivity contribution in [1.29, 1.82) is 0 Å². The standard InChI is InChI=1S/C20H27NO5S/c1-26-20(25)16-14-10-4-2-3-5-11-15(14)27-18(16)21-17(22)12-8-6-7-9-13(12)19(23)24/h12-13H,2-11H2,1H3,(H,21,22)(H,23,24)/t12-,13-/m1/s1. The number of carbonyl (C=O) groups excluding carboxylic acids is 2. The first-order chi connectivity index (χ1) is 13.0. The number of fused-ring (bicyclic) bond motifs is 1. The van der Waals surface area contributed by atoms with Crippen molar-refractivity contribution in [3.63, 3.8) is 0 Å². The van der Waals surface area contributed by atoms with E-state index in [4.69, 9.17) is 4.74 Å². The Morgan fingerprint density at radius 1 is 1.00 bits per heavy atom. The molecule has 2 N–H and O–H groups in total. The van der Waals surface area contributed by atoms with Crippen molar-refractivity contribution in [2.75, 3.05) is 12.4 Å². The van der Waals surface area contributed by atoms with Crippen molar-refractivity contribution in [3.05, 3.63) is 16.0 Å². The minimum absolute atomic E-state index is 0.290. The summed E-state index contributed by atoms with van der Waals surface area (Å²) in [5.41, 5.74) is 1.47. The first-order valence-electron chi connectivity index (χ1n) is 9.79. The zero-order valence-electron chi connectivity index (χ0n) is 15.7. The molecule has 1 saturated carbocycles. The molecule has 0 radical (unpaired) electrons. The maximum absolute atomic E-state index is 12.9. The van der Waals surface area contributed by atoms with Gasteiger partial charge in [0.1, 0.15) is 5.00 Å². The monoisotopic (exact) mass is 393 g/mol. The SMILES string of the molecule is COC(=O)c1c(NC(=O)[C@@H]2CCCC[C@H]2C(=O)O)sc2c1CCCCCC2. The highest BCUT2D eigenvalue weighted by Crippen LogP contribution is 2.39. The van der Waals surface area contributed by atoms with Crippen molar-refractivity contribution in [2.45, 2.75) is 64.2 Å². The van der Waals surface area contributed by atoms with E-state index in [2.05, 4.69) is 5.32 Å². The van der Waals surface area contributed by atoms with Gasteiger partial charge in [-0.05, 0) is 44.1 Å². The van der Waals surface area contributed by atoms with Gasteiger partial charge in [-0.1, -0.05) is 25.7 Å². The molecule has 0 bridgehead atoms. The number of nitrogens with one attached hydrogen (secondary N) is 1. The van der Waals surface area contributed by atoms with Gasteiger partial charge in [-0.2, -0.15) is 0 Å². The van der Waals surface area contributed by atoms with E-state index in [0.717, 1.165) is 55.4 Å². The minimum atomic E-state index is -0.915. The van der Waals surface area contributed by atoms with Gasteiger partial charge >= 0.3 is 11.9 Å². The van der Waals surface area contributed by atoms with E-state index in [9.17, 15) is 19.5 Å². The third-order valence-electron chi connectivity index (χ3n) is 5.72. The molecular formula is C20H27NO5S. The molecule has 1 amide bonds. The summed E-state index contributed by atoms with van der Waals surface area (Å²) in [5.74, 6) is -2.84. The van der Waals surface area contributed by atoms with Crippen LogP contribution < -0.4 is 5.32 Å². The zero-order chi connectivity index (χ0) is 19.4. The molecule has 0 spiro atoms. The zero-order valence-corrected chi connectivity index (χ0v) is 16.5. The number of hydrogen-bond acceptors (Lipinski definition) is 5. The van der Waals surface area contributed by atoms with E-state index >= 15 is 0 Å². The average Bonchev–Trinajstić information content (AvgIpc) is 2.97. The summed E-state index contributed by atoms with van der Waals surface area (Å²) in [5, 5.41) is 12.9. The Bertz CT molecular complexity index is 726. The molecular weight excluding hydrogens is 366 g/mol. The number of carboxylic acids is 1. The molecule has 0 aromatic carbocycles. The molecule has 148 valence electrons. The third-order valence-corrected chi connectivity index (χ3v) is 6.92. The van der Waals surface area contributed by atoms with Crippen molar-refractivity contribution in [1.82, 2.24) is 0 Å². The van der Waals surface area contributed by atoms with Gasteiger partial charge in [0.25, 0.3) is 0 Å². The van der Waals surface area contributed by atoms with Gasteiger partial charge in [-0.25, -0.2) is 4.79 Å². The summed E-state index contributed by atoms with van der Waals surface area (Å²) in [6.07, 6.45) is 8.91. The number of aliphatic carboxylic acids is 1. The molecule has 0 saturated heterocycles. The number of carboxylic acid groups (broad SMARTS) is 1. The fourth-order valence-corrected chi connectivity index (χ4v) is 5.55. The van der Waals surface area contributed by atoms with E-state index in [1.807, 2.05) is 0 Å². The Kier molecular flexibility index (Phi) is 6.52. The van der Waals surface area contributed by atoms with Crippen LogP contribution in [0.15, 0.2) is 0 Å². The van der Waals surface area contributed by atoms with Crippen LogP contribution in [0.1, 0.15) is 72.2 Å². The van der Waals surface area contributed by atoms with Crippen molar-refractivity contribution >= 4 is 34.2 Å². The summed E-state index contributed by atoms with van der Waals surface area (Å²) >= 11 is 1.45. The molecule has 2 aliphatic rings. The van der Waals surface area contributed by atoms with Gasteiger partial charge in [0.15, 0.2) is 0 Å². The molecule has 0 aliphatic heterocycles. The average molecular weight is 394 g/mol. The minimum Gasteiger partial charge on any atom is -0.481 e. The van der Waals surface area contributed by atoms with Gasteiger partial charge in [0.2, 0.25) is 5.91 Å². The number of thiophene rings is 1. The Morgan fingerprint density at radius 2 is 1.67 bits per heavy atom. The summed E-state index contributed by atoms with van der Waals surface area (Å²) in [7, 11) is 1.35. The van der Waals surface area contributed by atoms with Crippen LogP contribution >= 0.6 is 11.3 Å². The topological polar surface area (TPSA) is 92.7 Å². The van der Waals surface area contributed by atoms with Gasteiger partial charge in [-0.15, -0.1) is 11.3 Å². The normalized spacial score (nSPS) is 22.9. The maximum Gasteiger partial charge on any atom is 0.341 e. The molecule has 27 heavy (non-hydrogen) atoms. The fourth-order valence-electron chi connectivity index (χ4n) is 4.27. The second kappa shape index (κ2) is 8.87. The number of amides is 1. The Labute approximate surface area is 163 Å². The summed E-state index contributed by atoms with van der Waals surface area (Å²) in [6, 6.07) is 0. The molecule has 2 atom stereocenters. The summed E-state index contributed by atoms with van der Waals surface area (Å²) in [4.78, 5) is 38.0. The lowest BCUT2D eigenvalue weighted by Crippen LogP contribution is -2.36. The molecule has 6 nitrogen and oxygen atoms in total. The summed E-state index contributed by atoms with van der Waals surface area (Å²) < 4.78 is 4.98. The van der Waals surface area contributed by atoms with E-state index in [1.54, 1.807) is 0 Å². The number of aryl methyl sites for hydroxylation is 1. The lowest BCUT2D eigenvalue weighted by molar-refractivity contribution is -0.147. The molecule has 0 unspecified atom stereocenters. The fraction of sp³-hybridized carbons (Fsp3) is 0.650. The van der Waals surface area contributed by atoms with E-state index in [-0.39, 0.29) is 5.91 Å². The van der Waals surface area contributed by atoms with Gasteiger partial charge in [0.05, 0.1) is 24.5 Å². The number of esters is 1. The second-order valence-electron chi connectivity index (χ2n) is 7.44. The van der Waals surface area contributed by atoms with Crippen LogP contribution in [0.3, 0.4) is 0 Å². The van der Waals surface area contributed by atoms with E-state index < -0.39 is 23.8 Å². The molecule has 1 heterocycles. The number of carbonyl (C=O) groups is 3. The van der Waals surface area contributed by atoms with Crippen LogP contribution in [0.2, 0.25) is 0 Å². The first-order valence-corrected chi connectivity index (χ1v) is 10.6. The highest BCUT2D eigenvalue weighted by molar-refractivity contribution is 7.17. The number of hydrogen-bond donors (Lipinski definition) is 2.